The molecule has 1 N–H and O–H groups in total. The molecule has 0 saturated carbocycles. The fourth-order valence-electron chi connectivity index (χ4n) is 3.84. The first-order valence-electron chi connectivity index (χ1n) is 12.7. The van der Waals surface area contributed by atoms with Crippen LogP contribution in [0.5, 0.6) is 11.5 Å². The Bertz CT molecular complexity index is 1550. The first-order valence-corrected chi connectivity index (χ1v) is 14.5. The van der Waals surface area contributed by atoms with Crippen molar-refractivity contribution in [3.63, 3.8) is 0 Å². The molecule has 4 rings (SSSR count). The topological polar surface area (TPSA) is 72.8 Å². The maximum atomic E-state index is 12.2. The van der Waals surface area contributed by atoms with E-state index in [1.54, 1.807) is 0 Å². The van der Waals surface area contributed by atoms with Crippen molar-refractivity contribution in [1.82, 2.24) is 0 Å². The van der Waals surface area contributed by atoms with E-state index >= 15 is 0 Å². The van der Waals surface area contributed by atoms with Crippen LogP contribution in [0, 0.1) is 5.82 Å². The summed E-state index contributed by atoms with van der Waals surface area (Å²) in [7, 11) is -4.19. The molecule has 40 heavy (non-hydrogen) atoms. The molecule has 0 fully saturated rings. The van der Waals surface area contributed by atoms with Crippen LogP contribution in [0.4, 0.5) is 4.39 Å². The second kappa shape index (κ2) is 12.5. The van der Waals surface area contributed by atoms with Gasteiger partial charge >= 0.3 is 0 Å². The lowest BCUT2D eigenvalue weighted by Crippen LogP contribution is -2.22. The molecule has 5 nitrogen and oxygen atoms in total. The Morgan fingerprint density at radius 2 is 1.18 bits per heavy atom. The summed E-state index contributed by atoms with van der Waals surface area (Å²) in [6.07, 6.45) is 0. The average molecular weight is 583 g/mol. The molecular weight excluding hydrogens is 547 g/mol. The highest BCUT2D eigenvalue weighted by Crippen LogP contribution is 2.39. The first kappa shape index (κ1) is 31.2. The van der Waals surface area contributed by atoms with Gasteiger partial charge in [-0.15, -0.1) is 12.6 Å². The van der Waals surface area contributed by atoms with Gasteiger partial charge in [0.05, 0.1) is 4.90 Å². The van der Waals surface area contributed by atoms with E-state index in [1.165, 1.54) is 0 Å². The van der Waals surface area contributed by atoms with Crippen LogP contribution in [0.25, 0.3) is 22.3 Å². The van der Waals surface area contributed by atoms with Crippen molar-refractivity contribution in [2.75, 3.05) is 0 Å². The summed E-state index contributed by atoms with van der Waals surface area (Å²) >= 11 is 4.77. The lowest BCUT2D eigenvalue weighted by molar-refractivity contribution is 0.130. The second-order valence-electron chi connectivity index (χ2n) is 11.1. The van der Waals surface area contributed by atoms with Gasteiger partial charge in [-0.2, -0.15) is 8.42 Å². The summed E-state index contributed by atoms with van der Waals surface area (Å²) in [6.45, 7) is 12.3. The van der Waals surface area contributed by atoms with E-state index in [4.69, 9.17) is 26.7 Å². The van der Waals surface area contributed by atoms with Crippen LogP contribution in [0.15, 0.2) is 101 Å². The van der Waals surface area contributed by atoms with Crippen LogP contribution in [-0.4, -0.2) is 24.2 Å². The Morgan fingerprint density at radius 1 is 0.700 bits per heavy atom. The molecule has 0 radical (unpaired) electrons. The number of benzene rings is 4. The van der Waals surface area contributed by atoms with Crippen LogP contribution in [0.3, 0.4) is 0 Å². The van der Waals surface area contributed by atoms with Crippen molar-refractivity contribution >= 4 is 22.7 Å². The lowest BCUT2D eigenvalue weighted by Gasteiger charge is -2.23. The Hall–Kier alpha value is -3.33. The van der Waals surface area contributed by atoms with E-state index < -0.39 is 15.9 Å². The largest absolute Gasteiger partial charge is 0.488 e. The van der Waals surface area contributed by atoms with Crippen molar-refractivity contribution < 1.29 is 26.8 Å². The highest BCUT2D eigenvalue weighted by Gasteiger charge is 2.16. The zero-order valence-corrected chi connectivity index (χ0v) is 25.2. The molecule has 4 aromatic rings. The normalized spacial score (nSPS) is 11.8. The van der Waals surface area contributed by atoms with Crippen molar-refractivity contribution in [1.29, 1.82) is 0 Å². The summed E-state index contributed by atoms with van der Waals surface area (Å²) in [5, 5.41) is 0. The Morgan fingerprint density at radius 3 is 1.68 bits per heavy atom. The van der Waals surface area contributed by atoms with Gasteiger partial charge in [-0.3, -0.25) is 4.55 Å². The molecule has 4 aromatic carbocycles. The Labute approximate surface area is 242 Å². The summed E-state index contributed by atoms with van der Waals surface area (Å²) in [5.74, 6) is 1.16. The van der Waals surface area contributed by atoms with Crippen molar-refractivity contribution in [2.24, 2.45) is 0 Å². The van der Waals surface area contributed by atoms with Gasteiger partial charge < -0.3 is 9.47 Å². The van der Waals surface area contributed by atoms with E-state index in [0.29, 0.717) is 0 Å². The molecule has 0 amide bonds. The first-order chi connectivity index (χ1) is 18.5. The fourth-order valence-corrected chi connectivity index (χ4v) is 4.66. The van der Waals surface area contributed by atoms with Gasteiger partial charge in [-0.1, -0.05) is 36.4 Å². The molecule has 0 unspecified atom stereocenters. The van der Waals surface area contributed by atoms with E-state index in [-0.39, 0.29) is 16.1 Å². The molecule has 0 aliphatic carbocycles. The summed E-state index contributed by atoms with van der Waals surface area (Å²) in [6, 6.07) is 26.5. The second-order valence-corrected chi connectivity index (χ2v) is 13.0. The van der Waals surface area contributed by atoms with Crippen LogP contribution >= 0.6 is 12.6 Å². The van der Waals surface area contributed by atoms with Crippen molar-refractivity contribution in [3.05, 3.63) is 96.8 Å². The summed E-state index contributed by atoms with van der Waals surface area (Å²) in [5.41, 5.74) is 3.88. The third-order valence-electron chi connectivity index (χ3n) is 5.27. The molecular formula is C32H35FO5S2. The highest BCUT2D eigenvalue weighted by molar-refractivity contribution is 7.85. The van der Waals surface area contributed by atoms with Gasteiger partial charge in [-0.25, -0.2) is 4.39 Å². The highest BCUT2D eigenvalue weighted by atomic mass is 32.2. The van der Waals surface area contributed by atoms with E-state index in [1.807, 2.05) is 36.4 Å². The molecule has 212 valence electrons. The number of thiol groups is 1. The standard InChI is InChI=1S/C26H30O2S.C6H5FO3S/c1-25(2,3)27-20-12-7-10-18(16-20)22-14-9-15-23(29)24(22)19-11-8-13-21(17-19)28-26(4,5)6;7-5-1-3-6(4-2-5)11(8,9)10/h7-17,29H,1-6H3;1-4H,(H,8,9,10). The monoisotopic (exact) mass is 582 g/mol. The van der Waals surface area contributed by atoms with Crippen LogP contribution in [0.1, 0.15) is 41.5 Å². The van der Waals surface area contributed by atoms with Crippen molar-refractivity contribution in [3.8, 4) is 33.8 Å². The molecule has 0 aliphatic rings. The van der Waals surface area contributed by atoms with Gasteiger partial charge in [0.1, 0.15) is 28.5 Å². The maximum absolute atomic E-state index is 12.2. The third kappa shape index (κ3) is 9.40. The number of hydrogen-bond acceptors (Lipinski definition) is 5. The molecule has 0 atom stereocenters. The van der Waals surface area contributed by atoms with Crippen LogP contribution in [-0.2, 0) is 10.1 Å². The molecule has 8 heteroatoms. The molecule has 0 heterocycles. The zero-order valence-electron chi connectivity index (χ0n) is 23.5. The Kier molecular flexibility index (Phi) is 9.72. The minimum atomic E-state index is -4.19. The summed E-state index contributed by atoms with van der Waals surface area (Å²) in [4.78, 5) is 0.622. The average Bonchev–Trinajstić information content (AvgIpc) is 2.82. The van der Waals surface area contributed by atoms with Crippen molar-refractivity contribution in [2.45, 2.75) is 62.5 Å². The molecule has 0 aromatic heterocycles. The van der Waals surface area contributed by atoms with Gasteiger partial charge in [0.15, 0.2) is 0 Å². The van der Waals surface area contributed by atoms with Gasteiger partial charge in [0, 0.05) is 10.5 Å². The van der Waals surface area contributed by atoms with Gasteiger partial charge in [0.2, 0.25) is 0 Å². The number of hydrogen-bond donors (Lipinski definition) is 2. The van der Waals surface area contributed by atoms with E-state index in [2.05, 4.69) is 71.9 Å². The minimum Gasteiger partial charge on any atom is -0.488 e. The maximum Gasteiger partial charge on any atom is 0.294 e. The molecule has 0 bridgehead atoms. The number of rotatable bonds is 5. The smallest absolute Gasteiger partial charge is 0.294 e. The molecule has 0 aliphatic heterocycles. The zero-order chi connectivity index (χ0) is 29.7. The quantitative estimate of drug-likeness (QED) is 0.182. The van der Waals surface area contributed by atoms with Gasteiger partial charge in [-0.05, 0) is 113 Å². The van der Waals surface area contributed by atoms with Crippen LogP contribution in [0.2, 0.25) is 0 Å². The van der Waals surface area contributed by atoms with E-state index in [0.717, 1.165) is 62.9 Å². The van der Waals surface area contributed by atoms with Crippen LogP contribution < -0.4 is 9.47 Å². The van der Waals surface area contributed by atoms with E-state index in [9.17, 15) is 12.8 Å². The fraction of sp³-hybridized carbons (Fsp3) is 0.250. The summed E-state index contributed by atoms with van der Waals surface area (Å²) < 4.78 is 53.5. The number of halogens is 1. The Balaban J connectivity index is 0.000000336. The van der Waals surface area contributed by atoms with Gasteiger partial charge in [0.25, 0.3) is 10.1 Å². The lowest BCUT2D eigenvalue weighted by atomic mass is 9.94. The predicted molar refractivity (Wildman–Crippen MR) is 162 cm³/mol. The number of ether oxygens (including phenoxy) is 2. The molecule has 0 spiro atoms. The molecule has 0 saturated heterocycles. The minimum absolute atomic E-state index is 0.245. The predicted octanol–water partition coefficient (Wildman–Crippen LogP) is 8.74. The third-order valence-corrected chi connectivity index (χ3v) is 6.51. The SMILES string of the molecule is CC(C)(C)Oc1cccc(-c2cccc(S)c2-c2cccc(OC(C)(C)C)c2)c1.O=S(=O)(O)c1ccc(F)cc1.